The fourth-order valence-electron chi connectivity index (χ4n) is 2.40. The second-order valence-electron chi connectivity index (χ2n) is 5.25. The standard InChI is InChI=1S/C13H25N3S.HI/c1-4-12-9-16(5-6-17-12)13(14-3)15-8-11-7-10(11)2;/h10-12H,4-9H2,1-3H3,(H,14,15);1H. The van der Waals surface area contributed by atoms with Crippen molar-refractivity contribution in [1.82, 2.24) is 10.2 Å². The largest absolute Gasteiger partial charge is 0.356 e. The van der Waals surface area contributed by atoms with Gasteiger partial charge in [-0.25, -0.2) is 0 Å². The predicted octanol–water partition coefficient (Wildman–Crippen LogP) is 2.66. The van der Waals surface area contributed by atoms with Crippen molar-refractivity contribution in [3.63, 3.8) is 0 Å². The summed E-state index contributed by atoms with van der Waals surface area (Å²) >= 11 is 2.11. The highest BCUT2D eigenvalue weighted by Gasteiger charge is 2.32. The lowest BCUT2D eigenvalue weighted by Gasteiger charge is -2.34. The number of hydrogen-bond acceptors (Lipinski definition) is 2. The summed E-state index contributed by atoms with van der Waals surface area (Å²) in [6, 6.07) is 0. The highest BCUT2D eigenvalue weighted by Crippen LogP contribution is 2.36. The van der Waals surface area contributed by atoms with E-state index < -0.39 is 0 Å². The summed E-state index contributed by atoms with van der Waals surface area (Å²) in [5.74, 6) is 4.15. The fourth-order valence-corrected chi connectivity index (χ4v) is 3.58. The summed E-state index contributed by atoms with van der Waals surface area (Å²) in [4.78, 5) is 6.86. The third-order valence-electron chi connectivity index (χ3n) is 3.90. The molecule has 1 N–H and O–H groups in total. The molecule has 0 spiro atoms. The molecule has 1 aliphatic carbocycles. The second-order valence-corrected chi connectivity index (χ2v) is 6.66. The van der Waals surface area contributed by atoms with Crippen LogP contribution in [0.15, 0.2) is 4.99 Å². The number of nitrogens with zero attached hydrogens (tertiary/aromatic N) is 2. The Balaban J connectivity index is 0.00000162. The van der Waals surface area contributed by atoms with Gasteiger partial charge in [0.15, 0.2) is 5.96 Å². The van der Waals surface area contributed by atoms with Crippen molar-refractivity contribution in [1.29, 1.82) is 0 Å². The van der Waals surface area contributed by atoms with Gasteiger partial charge in [0.05, 0.1) is 0 Å². The quantitative estimate of drug-likeness (QED) is 0.461. The second kappa shape index (κ2) is 7.82. The van der Waals surface area contributed by atoms with Gasteiger partial charge in [-0.15, -0.1) is 24.0 Å². The third-order valence-corrected chi connectivity index (χ3v) is 5.28. The van der Waals surface area contributed by atoms with Gasteiger partial charge < -0.3 is 10.2 Å². The molecule has 0 bridgehead atoms. The van der Waals surface area contributed by atoms with Crippen LogP contribution in [-0.2, 0) is 0 Å². The van der Waals surface area contributed by atoms with E-state index in [1.807, 2.05) is 7.05 Å². The van der Waals surface area contributed by atoms with E-state index >= 15 is 0 Å². The smallest absolute Gasteiger partial charge is 0.193 e. The van der Waals surface area contributed by atoms with Crippen LogP contribution in [0.25, 0.3) is 0 Å². The number of thioether (sulfide) groups is 1. The van der Waals surface area contributed by atoms with Gasteiger partial charge in [-0.05, 0) is 24.7 Å². The van der Waals surface area contributed by atoms with Crippen LogP contribution in [-0.4, -0.2) is 48.5 Å². The summed E-state index contributed by atoms with van der Waals surface area (Å²) in [5.41, 5.74) is 0. The van der Waals surface area contributed by atoms with Crippen molar-refractivity contribution in [2.75, 3.05) is 32.4 Å². The monoisotopic (exact) mass is 383 g/mol. The van der Waals surface area contributed by atoms with Crippen LogP contribution in [0.1, 0.15) is 26.7 Å². The average molecular weight is 383 g/mol. The molecule has 0 aromatic carbocycles. The van der Waals surface area contributed by atoms with Gasteiger partial charge >= 0.3 is 0 Å². The van der Waals surface area contributed by atoms with Gasteiger partial charge in [0.1, 0.15) is 0 Å². The number of halogens is 1. The molecule has 106 valence electrons. The normalized spacial score (nSPS) is 31.8. The molecule has 1 saturated heterocycles. The first-order valence-electron chi connectivity index (χ1n) is 6.81. The summed E-state index contributed by atoms with van der Waals surface area (Å²) in [6.45, 7) is 8.01. The number of rotatable bonds is 3. The van der Waals surface area contributed by atoms with Crippen molar-refractivity contribution in [2.45, 2.75) is 31.9 Å². The lowest BCUT2D eigenvalue weighted by molar-refractivity contribution is 0.406. The van der Waals surface area contributed by atoms with E-state index in [0.717, 1.165) is 42.7 Å². The Labute approximate surface area is 133 Å². The van der Waals surface area contributed by atoms with Crippen molar-refractivity contribution in [2.24, 2.45) is 16.8 Å². The maximum Gasteiger partial charge on any atom is 0.193 e. The van der Waals surface area contributed by atoms with Crippen LogP contribution in [0.5, 0.6) is 0 Å². The van der Waals surface area contributed by atoms with Gasteiger partial charge in [0, 0.05) is 37.7 Å². The molecule has 1 aliphatic heterocycles. The van der Waals surface area contributed by atoms with Crippen molar-refractivity contribution < 1.29 is 0 Å². The summed E-state index contributed by atoms with van der Waals surface area (Å²) in [5, 5.41) is 4.32. The molecule has 1 saturated carbocycles. The Kier molecular flexibility index (Phi) is 7.13. The van der Waals surface area contributed by atoms with Crippen molar-refractivity contribution in [3.05, 3.63) is 0 Å². The number of guanidine groups is 1. The Morgan fingerprint density at radius 2 is 2.22 bits per heavy atom. The number of nitrogens with one attached hydrogen (secondary N) is 1. The Bertz CT molecular complexity index is 285. The maximum absolute atomic E-state index is 4.43. The molecule has 1 heterocycles. The summed E-state index contributed by atoms with van der Waals surface area (Å²) in [7, 11) is 1.90. The molecule has 2 fully saturated rings. The molecule has 0 amide bonds. The zero-order chi connectivity index (χ0) is 12.3. The lowest BCUT2D eigenvalue weighted by Crippen LogP contribution is -2.48. The first-order valence-corrected chi connectivity index (χ1v) is 7.86. The van der Waals surface area contributed by atoms with Crippen LogP contribution < -0.4 is 5.32 Å². The highest BCUT2D eigenvalue weighted by atomic mass is 127. The first kappa shape index (κ1) is 16.4. The molecule has 2 aliphatic rings. The molecule has 3 atom stereocenters. The van der Waals surface area contributed by atoms with E-state index in [-0.39, 0.29) is 24.0 Å². The fraction of sp³-hybridized carbons (Fsp3) is 0.923. The predicted molar refractivity (Wildman–Crippen MR) is 92.2 cm³/mol. The van der Waals surface area contributed by atoms with E-state index in [1.165, 1.54) is 18.6 Å². The highest BCUT2D eigenvalue weighted by molar-refractivity contribution is 14.0. The molecule has 18 heavy (non-hydrogen) atoms. The van der Waals surface area contributed by atoms with Crippen LogP contribution in [0.2, 0.25) is 0 Å². The number of hydrogen-bond donors (Lipinski definition) is 1. The molecule has 0 aromatic rings. The van der Waals surface area contributed by atoms with Crippen LogP contribution >= 0.6 is 35.7 Å². The van der Waals surface area contributed by atoms with Crippen LogP contribution in [0.3, 0.4) is 0 Å². The lowest BCUT2D eigenvalue weighted by atomic mass is 10.3. The minimum absolute atomic E-state index is 0. The summed E-state index contributed by atoms with van der Waals surface area (Å²) < 4.78 is 0. The van der Waals surface area contributed by atoms with Gasteiger partial charge in [-0.1, -0.05) is 13.8 Å². The topological polar surface area (TPSA) is 27.6 Å². The zero-order valence-electron chi connectivity index (χ0n) is 11.7. The van der Waals surface area contributed by atoms with Crippen LogP contribution in [0.4, 0.5) is 0 Å². The van der Waals surface area contributed by atoms with E-state index in [1.54, 1.807) is 0 Å². The van der Waals surface area contributed by atoms with Gasteiger partial charge in [0.25, 0.3) is 0 Å². The SMILES string of the molecule is CCC1CN(C(=NC)NCC2CC2C)CCS1.I. The Morgan fingerprint density at radius 1 is 1.50 bits per heavy atom. The van der Waals surface area contributed by atoms with E-state index in [4.69, 9.17) is 0 Å². The number of aliphatic imine (C=N–C) groups is 1. The molecule has 5 heteroatoms. The molecular formula is C13H26IN3S. The minimum Gasteiger partial charge on any atom is -0.356 e. The van der Waals surface area contributed by atoms with Gasteiger partial charge in [-0.2, -0.15) is 11.8 Å². The molecule has 0 aromatic heterocycles. The molecule has 0 radical (unpaired) electrons. The zero-order valence-corrected chi connectivity index (χ0v) is 14.8. The molecular weight excluding hydrogens is 357 g/mol. The molecule has 3 unspecified atom stereocenters. The van der Waals surface area contributed by atoms with Crippen molar-refractivity contribution >= 4 is 41.7 Å². The Hall–Kier alpha value is 0.350. The van der Waals surface area contributed by atoms with Gasteiger partial charge in [0.2, 0.25) is 0 Å². The first-order chi connectivity index (χ1) is 8.24. The van der Waals surface area contributed by atoms with Gasteiger partial charge in [-0.3, -0.25) is 4.99 Å². The minimum atomic E-state index is 0. The van der Waals surface area contributed by atoms with E-state index in [2.05, 4.69) is 40.8 Å². The maximum atomic E-state index is 4.43. The van der Waals surface area contributed by atoms with E-state index in [9.17, 15) is 0 Å². The average Bonchev–Trinajstić information content (AvgIpc) is 3.06. The summed E-state index contributed by atoms with van der Waals surface area (Å²) in [6.07, 6.45) is 2.65. The third kappa shape index (κ3) is 4.47. The Morgan fingerprint density at radius 3 is 2.78 bits per heavy atom. The molecule has 2 rings (SSSR count). The van der Waals surface area contributed by atoms with Crippen LogP contribution in [0, 0.1) is 11.8 Å². The van der Waals surface area contributed by atoms with E-state index in [0.29, 0.717) is 0 Å². The van der Waals surface area contributed by atoms with Crippen molar-refractivity contribution in [3.8, 4) is 0 Å². The molecule has 3 nitrogen and oxygen atoms in total.